The molecule has 0 aromatic carbocycles. The fraction of sp³-hybridized carbons (Fsp3) is 0.667. The van der Waals surface area contributed by atoms with Crippen LogP contribution in [-0.4, -0.2) is 55.6 Å². The predicted molar refractivity (Wildman–Crippen MR) is 104 cm³/mol. The van der Waals surface area contributed by atoms with Crippen molar-refractivity contribution in [1.29, 1.82) is 0 Å². The van der Waals surface area contributed by atoms with Crippen LogP contribution >= 0.6 is 35.3 Å². The molecule has 1 aromatic heterocycles. The Morgan fingerprint density at radius 3 is 2.73 bits per heavy atom. The number of likely N-dealkylation sites (tertiary alicyclic amines) is 1. The number of hydrogen-bond acceptors (Lipinski definition) is 5. The van der Waals surface area contributed by atoms with E-state index in [9.17, 15) is 18.0 Å². The number of nitrogens with zero attached hydrogens (tertiary/aromatic N) is 3. The molecule has 2 rings (SSSR count). The number of rotatable bonds is 4. The molecule has 1 aromatic rings. The Bertz CT molecular complexity index is 639. The summed E-state index contributed by atoms with van der Waals surface area (Å²) in [7, 11) is 3.00. The highest BCUT2D eigenvalue weighted by atomic mass is 127. The monoisotopic (exact) mass is 506 g/mol. The van der Waals surface area contributed by atoms with Crippen molar-refractivity contribution in [2.75, 3.05) is 33.8 Å². The number of ether oxygens (including phenoxy) is 1. The molecule has 2 heterocycles. The second-order valence-electron chi connectivity index (χ2n) is 5.86. The molecule has 1 N–H and O–H groups in total. The normalized spacial score (nSPS) is 20.7. The van der Waals surface area contributed by atoms with E-state index in [2.05, 4.69) is 15.3 Å². The van der Waals surface area contributed by atoms with Crippen LogP contribution in [0.4, 0.5) is 13.2 Å². The molecule has 1 aliphatic rings. The summed E-state index contributed by atoms with van der Waals surface area (Å²) in [4.78, 5) is 21.5. The topological polar surface area (TPSA) is 66.8 Å². The SMILES string of the molecule is CN=C(NCCc1nc(C(F)(F)F)cs1)N1CC(C)C(C(=O)OC)C1.I. The van der Waals surface area contributed by atoms with Crippen LogP contribution < -0.4 is 5.32 Å². The molecule has 0 spiro atoms. The third-order valence-corrected chi connectivity index (χ3v) is 5.00. The van der Waals surface area contributed by atoms with E-state index >= 15 is 0 Å². The zero-order valence-corrected chi connectivity index (χ0v) is 17.8. The second kappa shape index (κ2) is 9.72. The van der Waals surface area contributed by atoms with Crippen molar-refractivity contribution in [3.63, 3.8) is 0 Å². The van der Waals surface area contributed by atoms with E-state index < -0.39 is 11.9 Å². The fourth-order valence-corrected chi connectivity index (χ4v) is 3.57. The van der Waals surface area contributed by atoms with Crippen molar-refractivity contribution in [3.8, 4) is 0 Å². The lowest BCUT2D eigenvalue weighted by molar-refractivity contribution is -0.146. The Balaban J connectivity index is 0.00000338. The van der Waals surface area contributed by atoms with Gasteiger partial charge in [0.1, 0.15) is 0 Å². The number of thiazole rings is 1. The number of carbonyl (C=O) groups is 1. The van der Waals surface area contributed by atoms with Crippen LogP contribution in [0.5, 0.6) is 0 Å². The van der Waals surface area contributed by atoms with Crippen LogP contribution in [-0.2, 0) is 22.1 Å². The number of nitrogens with one attached hydrogen (secondary N) is 1. The molecular weight excluding hydrogens is 484 g/mol. The van der Waals surface area contributed by atoms with E-state index in [1.54, 1.807) is 7.05 Å². The van der Waals surface area contributed by atoms with Gasteiger partial charge in [-0.3, -0.25) is 9.79 Å². The van der Waals surface area contributed by atoms with Crippen molar-refractivity contribution in [2.45, 2.75) is 19.5 Å². The minimum Gasteiger partial charge on any atom is -0.469 e. The molecule has 0 aliphatic carbocycles. The molecule has 0 radical (unpaired) electrons. The number of alkyl halides is 3. The van der Waals surface area contributed by atoms with Gasteiger partial charge in [0.05, 0.1) is 18.0 Å². The van der Waals surface area contributed by atoms with Crippen molar-refractivity contribution >= 4 is 47.2 Å². The Kier molecular flexibility index (Phi) is 8.57. The molecule has 1 fully saturated rings. The van der Waals surface area contributed by atoms with Crippen molar-refractivity contribution in [3.05, 3.63) is 16.1 Å². The average Bonchev–Trinajstić information content (AvgIpc) is 3.17. The minimum absolute atomic E-state index is 0. The lowest BCUT2D eigenvalue weighted by atomic mass is 9.99. The van der Waals surface area contributed by atoms with E-state index in [4.69, 9.17) is 4.74 Å². The average molecular weight is 506 g/mol. The molecule has 1 aliphatic heterocycles. The summed E-state index contributed by atoms with van der Waals surface area (Å²) in [6.07, 6.45) is -4.05. The lowest BCUT2D eigenvalue weighted by Gasteiger charge is -2.21. The highest BCUT2D eigenvalue weighted by molar-refractivity contribution is 14.0. The number of aliphatic imine (C=N–C) groups is 1. The van der Waals surface area contributed by atoms with E-state index in [1.165, 1.54) is 7.11 Å². The second-order valence-corrected chi connectivity index (χ2v) is 6.80. The smallest absolute Gasteiger partial charge is 0.434 e. The standard InChI is InChI=1S/C15H21F3N4O2S.HI/c1-9-6-22(7-10(9)13(23)24-3)14(19-2)20-5-4-12-21-11(8-25-12)15(16,17)18;/h8-10H,4-7H2,1-3H3,(H,19,20);1H. The molecule has 6 nitrogen and oxygen atoms in total. The first kappa shape index (κ1) is 22.9. The number of carbonyl (C=O) groups excluding carboxylic acids is 1. The first-order chi connectivity index (χ1) is 11.8. The first-order valence-electron chi connectivity index (χ1n) is 7.81. The molecule has 2 unspecified atom stereocenters. The van der Waals surface area contributed by atoms with E-state index in [0.29, 0.717) is 37.0 Å². The molecular formula is C15H22F3IN4O2S. The van der Waals surface area contributed by atoms with Gasteiger partial charge in [0.25, 0.3) is 0 Å². The third-order valence-electron chi connectivity index (χ3n) is 4.09. The Labute approximate surface area is 171 Å². The Morgan fingerprint density at radius 2 is 2.19 bits per heavy atom. The highest BCUT2D eigenvalue weighted by Gasteiger charge is 2.37. The largest absolute Gasteiger partial charge is 0.469 e. The Hall–Kier alpha value is -1.11. The molecule has 26 heavy (non-hydrogen) atoms. The van der Waals surface area contributed by atoms with E-state index in [-0.39, 0.29) is 41.8 Å². The zero-order chi connectivity index (χ0) is 18.6. The van der Waals surface area contributed by atoms with Crippen LogP contribution in [0, 0.1) is 11.8 Å². The summed E-state index contributed by atoms with van der Waals surface area (Å²) in [5.74, 6) is 0.301. The number of methoxy groups -OCH3 is 1. The van der Waals surface area contributed by atoms with E-state index in [0.717, 1.165) is 16.7 Å². The molecule has 11 heteroatoms. The summed E-state index contributed by atoms with van der Waals surface area (Å²) in [6, 6.07) is 0. The van der Waals surface area contributed by atoms with E-state index in [1.807, 2.05) is 11.8 Å². The maximum Gasteiger partial charge on any atom is 0.434 e. The van der Waals surface area contributed by atoms with Crippen LogP contribution in [0.1, 0.15) is 17.6 Å². The van der Waals surface area contributed by atoms with Gasteiger partial charge in [0.15, 0.2) is 11.7 Å². The minimum atomic E-state index is -4.41. The van der Waals surface area contributed by atoms with Gasteiger partial charge in [-0.05, 0) is 5.92 Å². The fourth-order valence-electron chi connectivity index (χ4n) is 2.77. The maximum atomic E-state index is 12.5. The molecule has 1 saturated heterocycles. The van der Waals surface area contributed by atoms with Crippen LogP contribution in [0.15, 0.2) is 10.4 Å². The number of esters is 1. The summed E-state index contributed by atoms with van der Waals surface area (Å²) in [6.45, 7) is 3.55. The van der Waals surface area contributed by atoms with Gasteiger partial charge >= 0.3 is 12.1 Å². The van der Waals surface area contributed by atoms with Gasteiger partial charge in [-0.25, -0.2) is 4.98 Å². The first-order valence-corrected chi connectivity index (χ1v) is 8.69. The van der Waals surface area contributed by atoms with Gasteiger partial charge < -0.3 is 15.0 Å². The van der Waals surface area contributed by atoms with Gasteiger partial charge in [-0.2, -0.15) is 13.2 Å². The quantitative estimate of drug-likeness (QED) is 0.295. The summed E-state index contributed by atoms with van der Waals surface area (Å²) in [5, 5.41) is 4.55. The molecule has 0 saturated carbocycles. The van der Waals surface area contributed by atoms with Gasteiger partial charge in [-0.15, -0.1) is 35.3 Å². The molecule has 148 valence electrons. The highest BCUT2D eigenvalue weighted by Crippen LogP contribution is 2.30. The van der Waals surface area contributed by atoms with Crippen LogP contribution in [0.2, 0.25) is 0 Å². The number of hydrogen-bond donors (Lipinski definition) is 1. The van der Waals surface area contributed by atoms with Gasteiger partial charge in [-0.1, -0.05) is 6.92 Å². The Morgan fingerprint density at radius 1 is 1.50 bits per heavy atom. The summed E-state index contributed by atoms with van der Waals surface area (Å²) in [5.41, 5.74) is -0.855. The molecule has 0 bridgehead atoms. The maximum absolute atomic E-state index is 12.5. The van der Waals surface area contributed by atoms with Crippen molar-refractivity contribution in [1.82, 2.24) is 15.2 Å². The van der Waals surface area contributed by atoms with Crippen molar-refractivity contribution < 1.29 is 22.7 Å². The molecule has 0 amide bonds. The number of halogens is 4. The van der Waals surface area contributed by atoms with Crippen LogP contribution in [0.25, 0.3) is 0 Å². The lowest BCUT2D eigenvalue weighted by Crippen LogP contribution is -2.41. The third kappa shape index (κ3) is 5.69. The number of guanidine groups is 1. The van der Waals surface area contributed by atoms with Crippen molar-refractivity contribution in [2.24, 2.45) is 16.8 Å². The molecule has 2 atom stereocenters. The summed E-state index contributed by atoms with van der Waals surface area (Å²) >= 11 is 0.990. The van der Waals surface area contributed by atoms with Crippen LogP contribution in [0.3, 0.4) is 0 Å². The number of aromatic nitrogens is 1. The zero-order valence-electron chi connectivity index (χ0n) is 14.7. The van der Waals surface area contributed by atoms with Gasteiger partial charge in [0.2, 0.25) is 0 Å². The van der Waals surface area contributed by atoms with Gasteiger partial charge in [0, 0.05) is 38.5 Å². The predicted octanol–water partition coefficient (Wildman–Crippen LogP) is 2.64. The summed E-state index contributed by atoms with van der Waals surface area (Å²) < 4.78 is 42.4.